The van der Waals surface area contributed by atoms with Gasteiger partial charge in [0.1, 0.15) is 0 Å². The third-order valence-electron chi connectivity index (χ3n) is 3.22. The summed E-state index contributed by atoms with van der Waals surface area (Å²) in [5, 5.41) is 3.21. The lowest BCUT2D eigenvalue weighted by Gasteiger charge is -2.34. The molecule has 1 saturated carbocycles. The lowest BCUT2D eigenvalue weighted by molar-refractivity contribution is -0.0159. The molecule has 1 aliphatic rings. The molecule has 0 bridgehead atoms. The predicted octanol–water partition coefficient (Wildman–Crippen LogP) is 2.71. The standard InChI is InChI=1S/C15H21NO/c1-16-12-14-10-15(11-14)17-9-5-8-13-6-3-2-4-7-13/h2-8,14-16H,9-12H2,1H3. The van der Waals surface area contributed by atoms with Crippen molar-refractivity contribution in [1.29, 1.82) is 0 Å². The lowest BCUT2D eigenvalue weighted by atomic mass is 9.82. The summed E-state index contributed by atoms with van der Waals surface area (Å²) in [5.74, 6) is 0.822. The second-order valence-electron chi connectivity index (χ2n) is 4.66. The fourth-order valence-electron chi connectivity index (χ4n) is 2.21. The van der Waals surface area contributed by atoms with Crippen LogP contribution < -0.4 is 5.32 Å². The molecular formula is C15H21NO. The van der Waals surface area contributed by atoms with Gasteiger partial charge in [-0.05, 0) is 37.9 Å². The van der Waals surface area contributed by atoms with Crippen molar-refractivity contribution in [3.63, 3.8) is 0 Å². The number of hydrogen-bond donors (Lipinski definition) is 1. The molecule has 0 unspecified atom stereocenters. The Morgan fingerprint density at radius 2 is 2.06 bits per heavy atom. The summed E-state index contributed by atoms with van der Waals surface area (Å²) in [6.45, 7) is 1.85. The highest BCUT2D eigenvalue weighted by atomic mass is 16.5. The molecule has 0 aliphatic heterocycles. The van der Waals surface area contributed by atoms with E-state index in [1.54, 1.807) is 0 Å². The Bertz CT molecular complexity index is 341. The van der Waals surface area contributed by atoms with E-state index in [9.17, 15) is 0 Å². The Labute approximate surface area is 104 Å². The summed E-state index contributed by atoms with van der Waals surface area (Å²) in [5.41, 5.74) is 1.23. The van der Waals surface area contributed by atoms with Crippen molar-refractivity contribution in [2.45, 2.75) is 18.9 Å². The number of rotatable bonds is 6. The van der Waals surface area contributed by atoms with Crippen molar-refractivity contribution in [3.8, 4) is 0 Å². The molecule has 0 atom stereocenters. The van der Waals surface area contributed by atoms with E-state index in [1.807, 2.05) is 13.1 Å². The van der Waals surface area contributed by atoms with Crippen LogP contribution in [0.3, 0.4) is 0 Å². The van der Waals surface area contributed by atoms with Gasteiger partial charge in [0, 0.05) is 0 Å². The molecule has 17 heavy (non-hydrogen) atoms. The van der Waals surface area contributed by atoms with Crippen LogP contribution in [0, 0.1) is 5.92 Å². The van der Waals surface area contributed by atoms with Gasteiger partial charge in [-0.3, -0.25) is 0 Å². The Morgan fingerprint density at radius 1 is 1.29 bits per heavy atom. The van der Waals surface area contributed by atoms with Crippen LogP contribution in [0.2, 0.25) is 0 Å². The molecule has 0 heterocycles. The number of benzene rings is 1. The first-order valence-corrected chi connectivity index (χ1v) is 6.36. The maximum atomic E-state index is 5.76. The molecule has 0 spiro atoms. The molecule has 0 radical (unpaired) electrons. The summed E-state index contributed by atoms with van der Waals surface area (Å²) in [6, 6.07) is 10.3. The van der Waals surface area contributed by atoms with Gasteiger partial charge in [0.25, 0.3) is 0 Å². The minimum atomic E-state index is 0.480. The van der Waals surface area contributed by atoms with Crippen molar-refractivity contribution in [2.75, 3.05) is 20.2 Å². The largest absolute Gasteiger partial charge is 0.374 e. The molecule has 1 fully saturated rings. The molecule has 2 rings (SSSR count). The van der Waals surface area contributed by atoms with E-state index in [-0.39, 0.29) is 0 Å². The van der Waals surface area contributed by atoms with E-state index in [4.69, 9.17) is 4.74 Å². The van der Waals surface area contributed by atoms with E-state index in [1.165, 1.54) is 18.4 Å². The highest BCUT2D eigenvalue weighted by Crippen LogP contribution is 2.29. The fourth-order valence-corrected chi connectivity index (χ4v) is 2.21. The van der Waals surface area contributed by atoms with Gasteiger partial charge in [0.2, 0.25) is 0 Å². The van der Waals surface area contributed by atoms with E-state index in [2.05, 4.69) is 41.7 Å². The summed E-state index contributed by atoms with van der Waals surface area (Å²) >= 11 is 0. The normalized spacial score (nSPS) is 23.8. The number of nitrogens with one attached hydrogen (secondary N) is 1. The van der Waals surface area contributed by atoms with E-state index in [0.717, 1.165) is 19.1 Å². The van der Waals surface area contributed by atoms with Gasteiger partial charge in [-0.1, -0.05) is 42.5 Å². The molecule has 1 N–H and O–H groups in total. The average Bonchev–Trinajstić information content (AvgIpc) is 2.32. The minimum absolute atomic E-state index is 0.480. The zero-order chi connectivity index (χ0) is 11.9. The maximum Gasteiger partial charge on any atom is 0.0654 e. The minimum Gasteiger partial charge on any atom is -0.374 e. The van der Waals surface area contributed by atoms with Crippen LogP contribution in [0.4, 0.5) is 0 Å². The van der Waals surface area contributed by atoms with Gasteiger partial charge in [-0.2, -0.15) is 0 Å². The third-order valence-corrected chi connectivity index (χ3v) is 3.22. The SMILES string of the molecule is CNCC1CC(OCC=Cc2ccccc2)C1. The van der Waals surface area contributed by atoms with Crippen molar-refractivity contribution in [3.05, 3.63) is 42.0 Å². The van der Waals surface area contributed by atoms with Gasteiger partial charge in [0.15, 0.2) is 0 Å². The highest BCUT2D eigenvalue weighted by molar-refractivity contribution is 5.48. The van der Waals surface area contributed by atoms with Crippen LogP contribution in [0.15, 0.2) is 36.4 Å². The monoisotopic (exact) mass is 231 g/mol. The van der Waals surface area contributed by atoms with Crippen LogP contribution in [-0.4, -0.2) is 26.3 Å². The fraction of sp³-hybridized carbons (Fsp3) is 0.467. The Kier molecular flexibility index (Phi) is 4.77. The van der Waals surface area contributed by atoms with Crippen molar-refractivity contribution >= 4 is 6.08 Å². The topological polar surface area (TPSA) is 21.3 Å². The van der Waals surface area contributed by atoms with E-state index < -0.39 is 0 Å². The summed E-state index contributed by atoms with van der Waals surface area (Å²) in [6.07, 6.45) is 7.11. The van der Waals surface area contributed by atoms with Gasteiger partial charge in [-0.25, -0.2) is 0 Å². The zero-order valence-electron chi connectivity index (χ0n) is 10.4. The molecule has 92 valence electrons. The van der Waals surface area contributed by atoms with Crippen LogP contribution in [-0.2, 0) is 4.74 Å². The molecule has 1 aromatic carbocycles. The first-order valence-electron chi connectivity index (χ1n) is 6.36. The number of ether oxygens (including phenoxy) is 1. The van der Waals surface area contributed by atoms with Gasteiger partial charge in [-0.15, -0.1) is 0 Å². The van der Waals surface area contributed by atoms with Crippen LogP contribution in [0.1, 0.15) is 18.4 Å². The first-order chi connectivity index (χ1) is 8.38. The Balaban J connectivity index is 1.60. The quantitative estimate of drug-likeness (QED) is 0.813. The van der Waals surface area contributed by atoms with E-state index in [0.29, 0.717) is 6.10 Å². The summed E-state index contributed by atoms with van der Waals surface area (Å²) < 4.78 is 5.76. The van der Waals surface area contributed by atoms with Gasteiger partial charge < -0.3 is 10.1 Å². The van der Waals surface area contributed by atoms with Crippen molar-refractivity contribution in [1.82, 2.24) is 5.32 Å². The molecule has 0 amide bonds. The molecule has 2 nitrogen and oxygen atoms in total. The molecule has 1 aliphatic carbocycles. The number of hydrogen-bond acceptors (Lipinski definition) is 2. The maximum absolute atomic E-state index is 5.76. The first kappa shape index (κ1) is 12.3. The highest BCUT2D eigenvalue weighted by Gasteiger charge is 2.28. The predicted molar refractivity (Wildman–Crippen MR) is 71.9 cm³/mol. The van der Waals surface area contributed by atoms with Crippen molar-refractivity contribution in [2.24, 2.45) is 5.92 Å². The van der Waals surface area contributed by atoms with Crippen LogP contribution in [0.25, 0.3) is 6.08 Å². The van der Waals surface area contributed by atoms with Gasteiger partial charge >= 0.3 is 0 Å². The second kappa shape index (κ2) is 6.58. The van der Waals surface area contributed by atoms with Gasteiger partial charge in [0.05, 0.1) is 12.7 Å². The smallest absolute Gasteiger partial charge is 0.0654 e. The molecule has 1 aromatic rings. The zero-order valence-corrected chi connectivity index (χ0v) is 10.4. The molecular weight excluding hydrogens is 210 g/mol. The second-order valence-corrected chi connectivity index (χ2v) is 4.66. The third kappa shape index (κ3) is 3.99. The van der Waals surface area contributed by atoms with Crippen molar-refractivity contribution < 1.29 is 4.74 Å². The molecule has 0 saturated heterocycles. The summed E-state index contributed by atoms with van der Waals surface area (Å²) in [7, 11) is 2.01. The van der Waals surface area contributed by atoms with Crippen LogP contribution in [0.5, 0.6) is 0 Å². The lowest BCUT2D eigenvalue weighted by Crippen LogP contribution is -2.36. The Hall–Kier alpha value is -1.12. The molecule has 0 aromatic heterocycles. The Morgan fingerprint density at radius 3 is 2.76 bits per heavy atom. The summed E-state index contributed by atoms with van der Waals surface area (Å²) in [4.78, 5) is 0. The average molecular weight is 231 g/mol. The van der Waals surface area contributed by atoms with E-state index >= 15 is 0 Å². The molecule has 2 heteroatoms. The van der Waals surface area contributed by atoms with Crippen LogP contribution >= 0.6 is 0 Å².